The molecule has 0 saturated heterocycles. The lowest BCUT2D eigenvalue weighted by molar-refractivity contribution is -0.123. The Kier molecular flexibility index (Phi) is 3.95. The first-order valence-electron chi connectivity index (χ1n) is 6.77. The standard InChI is InChI=1S/C13H15N7O2/c1-10(7-19-6-2-5-15-19)16-12(21)8-22-13-4-3-11-17-14-9-20(11)18-13/h2-6,9-10H,7-8H2,1H3,(H,16,21). The zero-order valence-corrected chi connectivity index (χ0v) is 12.0. The molecule has 0 saturated carbocycles. The number of nitrogens with one attached hydrogen (secondary N) is 1. The minimum Gasteiger partial charge on any atom is -0.467 e. The Morgan fingerprint density at radius 2 is 2.36 bits per heavy atom. The van der Waals surface area contributed by atoms with Gasteiger partial charge in [0.15, 0.2) is 12.3 Å². The van der Waals surface area contributed by atoms with Gasteiger partial charge in [0.1, 0.15) is 6.33 Å². The Morgan fingerprint density at radius 1 is 1.45 bits per heavy atom. The zero-order chi connectivity index (χ0) is 15.4. The predicted octanol–water partition coefficient (Wildman–Crippen LogP) is -0.0955. The summed E-state index contributed by atoms with van der Waals surface area (Å²) in [5.41, 5.74) is 0.615. The molecule has 9 nitrogen and oxygen atoms in total. The van der Waals surface area contributed by atoms with Crippen LogP contribution in [0.2, 0.25) is 0 Å². The van der Waals surface area contributed by atoms with E-state index < -0.39 is 0 Å². The zero-order valence-electron chi connectivity index (χ0n) is 12.0. The molecule has 1 unspecified atom stereocenters. The Labute approximate surface area is 125 Å². The minimum atomic E-state index is -0.217. The van der Waals surface area contributed by atoms with Gasteiger partial charge in [0.05, 0.1) is 6.54 Å². The second-order valence-corrected chi connectivity index (χ2v) is 4.79. The molecular formula is C13H15N7O2. The SMILES string of the molecule is CC(Cn1cccn1)NC(=O)COc1ccc2nncn2n1. The topological polar surface area (TPSA) is 99.2 Å². The molecule has 3 aromatic heterocycles. The van der Waals surface area contributed by atoms with Gasteiger partial charge in [-0.15, -0.1) is 15.3 Å². The van der Waals surface area contributed by atoms with Crippen LogP contribution in [-0.4, -0.2) is 48.1 Å². The van der Waals surface area contributed by atoms with Gasteiger partial charge in [-0.2, -0.15) is 9.61 Å². The molecule has 1 amide bonds. The van der Waals surface area contributed by atoms with E-state index in [1.165, 1.54) is 10.8 Å². The van der Waals surface area contributed by atoms with E-state index in [1.54, 1.807) is 23.0 Å². The van der Waals surface area contributed by atoms with Crippen LogP contribution in [0.15, 0.2) is 36.9 Å². The molecular weight excluding hydrogens is 286 g/mol. The highest BCUT2D eigenvalue weighted by molar-refractivity contribution is 5.77. The average Bonchev–Trinajstić information content (AvgIpc) is 3.15. The molecule has 0 aliphatic heterocycles. The number of rotatable bonds is 6. The summed E-state index contributed by atoms with van der Waals surface area (Å²) in [5.74, 6) is 0.118. The average molecular weight is 301 g/mol. The molecule has 1 atom stereocenters. The third-order valence-electron chi connectivity index (χ3n) is 2.92. The molecule has 0 aromatic carbocycles. The maximum Gasteiger partial charge on any atom is 0.258 e. The fourth-order valence-corrected chi connectivity index (χ4v) is 1.98. The normalized spacial score (nSPS) is 12.2. The van der Waals surface area contributed by atoms with Crippen molar-refractivity contribution in [3.8, 4) is 5.88 Å². The van der Waals surface area contributed by atoms with E-state index in [-0.39, 0.29) is 18.6 Å². The van der Waals surface area contributed by atoms with Crippen molar-refractivity contribution in [3.63, 3.8) is 0 Å². The van der Waals surface area contributed by atoms with Crippen LogP contribution in [0.3, 0.4) is 0 Å². The summed E-state index contributed by atoms with van der Waals surface area (Å²) in [4.78, 5) is 11.8. The number of aromatic nitrogens is 6. The van der Waals surface area contributed by atoms with E-state index in [9.17, 15) is 4.79 Å². The van der Waals surface area contributed by atoms with Gasteiger partial charge in [-0.3, -0.25) is 9.48 Å². The number of fused-ring (bicyclic) bond motifs is 1. The second-order valence-electron chi connectivity index (χ2n) is 4.79. The summed E-state index contributed by atoms with van der Waals surface area (Å²) in [5, 5.41) is 18.6. The van der Waals surface area contributed by atoms with E-state index in [1.807, 2.05) is 19.2 Å². The van der Waals surface area contributed by atoms with Gasteiger partial charge in [-0.1, -0.05) is 0 Å². The molecule has 22 heavy (non-hydrogen) atoms. The van der Waals surface area contributed by atoms with Crippen molar-refractivity contribution in [2.45, 2.75) is 19.5 Å². The van der Waals surface area contributed by atoms with Crippen LogP contribution in [0.1, 0.15) is 6.92 Å². The summed E-state index contributed by atoms with van der Waals surface area (Å²) in [6.07, 6.45) is 5.01. The van der Waals surface area contributed by atoms with E-state index in [0.29, 0.717) is 18.1 Å². The lowest BCUT2D eigenvalue weighted by Gasteiger charge is -2.14. The number of ether oxygens (including phenoxy) is 1. The van der Waals surface area contributed by atoms with E-state index >= 15 is 0 Å². The first kappa shape index (κ1) is 14.0. The molecule has 0 aliphatic carbocycles. The Bertz CT molecular complexity index is 753. The minimum absolute atomic E-state index is 0.0516. The largest absolute Gasteiger partial charge is 0.467 e. The number of carbonyl (C=O) groups is 1. The van der Waals surface area contributed by atoms with Gasteiger partial charge in [-0.25, -0.2) is 0 Å². The fraction of sp³-hybridized carbons (Fsp3) is 0.308. The molecule has 0 aliphatic rings. The van der Waals surface area contributed by atoms with Crippen LogP contribution in [-0.2, 0) is 11.3 Å². The van der Waals surface area contributed by atoms with Crippen molar-refractivity contribution in [1.82, 2.24) is 34.9 Å². The van der Waals surface area contributed by atoms with Crippen molar-refractivity contribution < 1.29 is 9.53 Å². The van der Waals surface area contributed by atoms with Crippen LogP contribution >= 0.6 is 0 Å². The summed E-state index contributed by atoms with van der Waals surface area (Å²) in [6.45, 7) is 2.40. The Balaban J connectivity index is 1.49. The number of hydrogen-bond donors (Lipinski definition) is 1. The highest BCUT2D eigenvalue weighted by Crippen LogP contribution is 2.06. The van der Waals surface area contributed by atoms with E-state index in [4.69, 9.17) is 4.74 Å². The van der Waals surface area contributed by atoms with Gasteiger partial charge < -0.3 is 10.1 Å². The number of nitrogens with zero attached hydrogens (tertiary/aromatic N) is 6. The highest BCUT2D eigenvalue weighted by Gasteiger charge is 2.09. The number of amides is 1. The molecule has 114 valence electrons. The van der Waals surface area contributed by atoms with Crippen molar-refractivity contribution in [2.24, 2.45) is 0 Å². The third kappa shape index (κ3) is 3.37. The summed E-state index contributed by atoms with van der Waals surface area (Å²) in [7, 11) is 0. The summed E-state index contributed by atoms with van der Waals surface area (Å²) in [6, 6.07) is 5.15. The molecule has 0 bridgehead atoms. The van der Waals surface area contributed by atoms with E-state index in [2.05, 4.69) is 25.7 Å². The summed E-state index contributed by atoms with van der Waals surface area (Å²) >= 11 is 0. The predicted molar refractivity (Wildman–Crippen MR) is 76.1 cm³/mol. The molecule has 9 heteroatoms. The van der Waals surface area contributed by atoms with Crippen LogP contribution < -0.4 is 10.1 Å². The van der Waals surface area contributed by atoms with Crippen molar-refractivity contribution in [3.05, 3.63) is 36.9 Å². The van der Waals surface area contributed by atoms with Crippen LogP contribution in [0.5, 0.6) is 5.88 Å². The molecule has 0 fully saturated rings. The maximum atomic E-state index is 11.8. The quantitative estimate of drug-likeness (QED) is 0.683. The maximum absolute atomic E-state index is 11.8. The molecule has 0 radical (unpaired) electrons. The first-order chi connectivity index (χ1) is 10.7. The van der Waals surface area contributed by atoms with Crippen LogP contribution in [0, 0.1) is 0 Å². The van der Waals surface area contributed by atoms with E-state index in [0.717, 1.165) is 0 Å². The molecule has 3 rings (SSSR count). The Morgan fingerprint density at radius 3 is 3.18 bits per heavy atom. The van der Waals surface area contributed by atoms with Gasteiger partial charge in [0.25, 0.3) is 5.91 Å². The number of carbonyl (C=O) groups excluding carboxylic acids is 1. The monoisotopic (exact) mass is 301 g/mol. The molecule has 0 spiro atoms. The molecule has 1 N–H and O–H groups in total. The van der Waals surface area contributed by atoms with Gasteiger partial charge in [-0.05, 0) is 19.1 Å². The smallest absolute Gasteiger partial charge is 0.258 e. The lowest BCUT2D eigenvalue weighted by atomic mass is 10.3. The highest BCUT2D eigenvalue weighted by atomic mass is 16.5. The molecule has 3 aromatic rings. The van der Waals surface area contributed by atoms with Crippen molar-refractivity contribution in [2.75, 3.05) is 6.61 Å². The van der Waals surface area contributed by atoms with Crippen molar-refractivity contribution >= 4 is 11.6 Å². The van der Waals surface area contributed by atoms with Crippen LogP contribution in [0.25, 0.3) is 5.65 Å². The van der Waals surface area contributed by atoms with Gasteiger partial charge in [0.2, 0.25) is 5.88 Å². The van der Waals surface area contributed by atoms with Gasteiger partial charge in [0, 0.05) is 24.5 Å². The lowest BCUT2D eigenvalue weighted by Crippen LogP contribution is -2.38. The number of hydrogen-bond acceptors (Lipinski definition) is 6. The fourth-order valence-electron chi connectivity index (χ4n) is 1.98. The van der Waals surface area contributed by atoms with Crippen molar-refractivity contribution in [1.29, 1.82) is 0 Å². The second kappa shape index (κ2) is 6.20. The van der Waals surface area contributed by atoms with Crippen LogP contribution in [0.4, 0.5) is 0 Å². The Hall–Kier alpha value is -2.97. The third-order valence-corrected chi connectivity index (χ3v) is 2.92. The molecule has 3 heterocycles. The first-order valence-corrected chi connectivity index (χ1v) is 6.77. The summed E-state index contributed by atoms with van der Waals surface area (Å²) < 4.78 is 8.60. The van der Waals surface area contributed by atoms with Gasteiger partial charge >= 0.3 is 0 Å².